The Morgan fingerprint density at radius 1 is 1.09 bits per heavy atom. The molecule has 1 fully saturated rings. The van der Waals surface area contributed by atoms with Gasteiger partial charge >= 0.3 is 0 Å². The van der Waals surface area contributed by atoms with E-state index < -0.39 is 0 Å². The number of carbonyl (C=O) groups is 1. The molecule has 2 heterocycles. The second kappa shape index (κ2) is 7.22. The molecule has 0 radical (unpaired) electrons. The van der Waals surface area contributed by atoms with Crippen molar-refractivity contribution in [3.63, 3.8) is 0 Å². The summed E-state index contributed by atoms with van der Waals surface area (Å²) in [6.07, 6.45) is 2.50. The number of hydrogen-bond acceptors (Lipinski definition) is 4. The first-order chi connectivity index (χ1) is 11.3. The number of anilines is 1. The minimum atomic E-state index is -0.0423. The summed E-state index contributed by atoms with van der Waals surface area (Å²) in [4.78, 5) is 17.0. The third kappa shape index (κ3) is 3.50. The van der Waals surface area contributed by atoms with E-state index >= 15 is 0 Å². The molecule has 0 N–H and O–H groups in total. The lowest BCUT2D eigenvalue weighted by atomic mass is 9.95. The smallest absolute Gasteiger partial charge is 0.230 e. The molecule has 0 spiro atoms. The van der Waals surface area contributed by atoms with Crippen LogP contribution in [0.4, 0.5) is 5.82 Å². The Morgan fingerprint density at radius 2 is 1.83 bits per heavy atom. The van der Waals surface area contributed by atoms with Gasteiger partial charge in [0, 0.05) is 32.4 Å². The van der Waals surface area contributed by atoms with Crippen molar-refractivity contribution in [1.29, 1.82) is 0 Å². The van der Waals surface area contributed by atoms with Gasteiger partial charge in [-0.05, 0) is 24.1 Å². The van der Waals surface area contributed by atoms with Gasteiger partial charge in [0.25, 0.3) is 0 Å². The fourth-order valence-electron chi connectivity index (χ4n) is 3.08. The first-order valence-corrected chi connectivity index (χ1v) is 8.16. The van der Waals surface area contributed by atoms with Gasteiger partial charge in [0.05, 0.1) is 5.92 Å². The average Bonchev–Trinajstić information content (AvgIpc) is 2.64. The molecule has 0 aliphatic carbocycles. The van der Waals surface area contributed by atoms with Crippen molar-refractivity contribution in [1.82, 2.24) is 15.1 Å². The zero-order valence-electron chi connectivity index (χ0n) is 13.4. The monoisotopic (exact) mass is 310 g/mol. The van der Waals surface area contributed by atoms with Gasteiger partial charge in [0.1, 0.15) is 0 Å². The zero-order valence-corrected chi connectivity index (χ0v) is 13.4. The molecule has 23 heavy (non-hydrogen) atoms. The van der Waals surface area contributed by atoms with Gasteiger partial charge in [-0.2, -0.15) is 5.10 Å². The molecule has 5 nitrogen and oxygen atoms in total. The van der Waals surface area contributed by atoms with Gasteiger partial charge in [-0.15, -0.1) is 5.10 Å². The minimum absolute atomic E-state index is 0.0423. The Balaban J connectivity index is 1.64. The molecule has 1 amide bonds. The highest BCUT2D eigenvalue weighted by Crippen LogP contribution is 2.23. The third-order valence-electron chi connectivity index (χ3n) is 4.38. The van der Waals surface area contributed by atoms with Gasteiger partial charge in [0.2, 0.25) is 5.91 Å². The summed E-state index contributed by atoms with van der Waals surface area (Å²) in [7, 11) is 0. The molecule has 2 aromatic rings. The minimum Gasteiger partial charge on any atom is -0.352 e. The van der Waals surface area contributed by atoms with Crippen molar-refractivity contribution in [3.05, 3.63) is 54.2 Å². The highest BCUT2D eigenvalue weighted by Gasteiger charge is 2.27. The van der Waals surface area contributed by atoms with Crippen molar-refractivity contribution in [3.8, 4) is 0 Å². The van der Waals surface area contributed by atoms with Crippen LogP contribution in [0.1, 0.15) is 24.8 Å². The Bertz CT molecular complexity index is 624. The van der Waals surface area contributed by atoms with Crippen molar-refractivity contribution < 1.29 is 4.79 Å². The predicted molar refractivity (Wildman–Crippen MR) is 90.3 cm³/mol. The number of rotatable bonds is 4. The van der Waals surface area contributed by atoms with Crippen LogP contribution in [0.3, 0.4) is 0 Å². The standard InChI is InChI=1S/C18H22N4O/c1-2-16(15-7-4-3-5-8-15)18(23)22-13-11-21(12-14-22)17-9-6-10-19-20-17/h3-10,16H,2,11-14H2,1H3. The largest absolute Gasteiger partial charge is 0.352 e. The van der Waals surface area contributed by atoms with Crippen LogP contribution in [0, 0.1) is 0 Å². The van der Waals surface area contributed by atoms with Gasteiger partial charge in [-0.1, -0.05) is 37.3 Å². The summed E-state index contributed by atoms with van der Waals surface area (Å²) in [5.74, 6) is 1.08. The van der Waals surface area contributed by atoms with Crippen molar-refractivity contribution in [2.75, 3.05) is 31.1 Å². The molecule has 0 saturated carbocycles. The lowest BCUT2D eigenvalue weighted by Gasteiger charge is -2.36. The quantitative estimate of drug-likeness (QED) is 0.869. The van der Waals surface area contributed by atoms with Gasteiger partial charge in [-0.3, -0.25) is 4.79 Å². The molecule has 1 saturated heterocycles. The Hall–Kier alpha value is -2.43. The number of carbonyl (C=O) groups excluding carboxylic acids is 1. The molecular formula is C18H22N4O. The zero-order chi connectivity index (χ0) is 16.1. The van der Waals surface area contributed by atoms with Crippen LogP contribution in [-0.2, 0) is 4.79 Å². The Morgan fingerprint density at radius 3 is 2.43 bits per heavy atom. The summed E-state index contributed by atoms with van der Waals surface area (Å²) in [6, 6.07) is 13.9. The summed E-state index contributed by atoms with van der Waals surface area (Å²) in [5.41, 5.74) is 1.11. The van der Waals surface area contributed by atoms with E-state index in [2.05, 4.69) is 22.0 Å². The third-order valence-corrected chi connectivity index (χ3v) is 4.38. The first-order valence-electron chi connectivity index (χ1n) is 8.16. The van der Waals surface area contributed by atoms with Crippen LogP contribution >= 0.6 is 0 Å². The van der Waals surface area contributed by atoms with Crippen LogP contribution in [0.15, 0.2) is 48.7 Å². The molecule has 0 bridgehead atoms. The summed E-state index contributed by atoms with van der Waals surface area (Å²) in [5, 5.41) is 8.07. The molecule has 1 unspecified atom stereocenters. The Labute approximate surface area is 136 Å². The molecular weight excluding hydrogens is 288 g/mol. The molecule has 3 rings (SSSR count). The van der Waals surface area contributed by atoms with Crippen LogP contribution in [0.2, 0.25) is 0 Å². The number of nitrogens with zero attached hydrogens (tertiary/aromatic N) is 4. The molecule has 1 atom stereocenters. The summed E-state index contributed by atoms with van der Waals surface area (Å²) in [6.45, 7) is 5.15. The van der Waals surface area contributed by atoms with E-state index in [1.807, 2.05) is 47.4 Å². The molecule has 120 valence electrons. The van der Waals surface area contributed by atoms with Crippen LogP contribution in [-0.4, -0.2) is 47.2 Å². The topological polar surface area (TPSA) is 49.3 Å². The van der Waals surface area contributed by atoms with Crippen molar-refractivity contribution in [2.24, 2.45) is 0 Å². The fourth-order valence-corrected chi connectivity index (χ4v) is 3.08. The van der Waals surface area contributed by atoms with E-state index in [-0.39, 0.29) is 11.8 Å². The normalized spacial score (nSPS) is 16.2. The molecule has 1 aliphatic heterocycles. The van der Waals surface area contributed by atoms with Crippen LogP contribution in [0.25, 0.3) is 0 Å². The van der Waals surface area contributed by atoms with Crippen LogP contribution < -0.4 is 4.90 Å². The highest BCUT2D eigenvalue weighted by molar-refractivity contribution is 5.84. The van der Waals surface area contributed by atoms with Gasteiger partial charge < -0.3 is 9.80 Å². The first kappa shape index (κ1) is 15.5. The average molecular weight is 310 g/mol. The van der Waals surface area contributed by atoms with Gasteiger partial charge in [0.15, 0.2) is 5.82 Å². The second-order valence-corrected chi connectivity index (χ2v) is 5.77. The molecule has 1 aromatic heterocycles. The maximum absolute atomic E-state index is 12.9. The van der Waals surface area contributed by atoms with Crippen LogP contribution in [0.5, 0.6) is 0 Å². The SMILES string of the molecule is CCC(C(=O)N1CCN(c2cccnn2)CC1)c1ccccc1. The number of amides is 1. The Kier molecular flexibility index (Phi) is 4.86. The predicted octanol–water partition coefficient (Wildman–Crippen LogP) is 2.32. The molecule has 1 aliphatic rings. The lowest BCUT2D eigenvalue weighted by molar-refractivity contribution is -0.133. The second-order valence-electron chi connectivity index (χ2n) is 5.77. The number of piperazine rings is 1. The van der Waals surface area contributed by atoms with Crippen molar-refractivity contribution in [2.45, 2.75) is 19.3 Å². The summed E-state index contributed by atoms with van der Waals surface area (Å²) < 4.78 is 0. The summed E-state index contributed by atoms with van der Waals surface area (Å²) >= 11 is 0. The van der Waals surface area contributed by atoms with Crippen molar-refractivity contribution >= 4 is 11.7 Å². The number of hydrogen-bond donors (Lipinski definition) is 0. The fraction of sp³-hybridized carbons (Fsp3) is 0.389. The lowest BCUT2D eigenvalue weighted by Crippen LogP contribution is -2.50. The van der Waals surface area contributed by atoms with E-state index in [0.717, 1.165) is 44.0 Å². The van der Waals surface area contributed by atoms with E-state index in [0.29, 0.717) is 0 Å². The highest BCUT2D eigenvalue weighted by atomic mass is 16.2. The van der Waals surface area contributed by atoms with E-state index in [1.54, 1.807) is 6.20 Å². The van der Waals surface area contributed by atoms with E-state index in [4.69, 9.17) is 0 Å². The maximum Gasteiger partial charge on any atom is 0.230 e. The van der Waals surface area contributed by atoms with E-state index in [1.165, 1.54) is 0 Å². The number of benzene rings is 1. The van der Waals surface area contributed by atoms with E-state index in [9.17, 15) is 4.79 Å². The number of aromatic nitrogens is 2. The molecule has 1 aromatic carbocycles. The maximum atomic E-state index is 12.9. The van der Waals surface area contributed by atoms with Gasteiger partial charge in [-0.25, -0.2) is 0 Å². The molecule has 5 heteroatoms.